The van der Waals surface area contributed by atoms with E-state index in [0.29, 0.717) is 26.1 Å². The standard InChI is InChI=1S/C22H42N2O4/c1-21(2,3)9-17-27-19(25)7-11-23-13-15-24(16-14-23)12-8-20(26)28-18-10-22(4,5)6/h7-18H2,1-6H3. The predicted molar refractivity (Wildman–Crippen MR) is 112 cm³/mol. The largest absolute Gasteiger partial charge is 0.466 e. The molecule has 0 N–H and O–H groups in total. The highest BCUT2D eigenvalue weighted by Gasteiger charge is 2.19. The summed E-state index contributed by atoms with van der Waals surface area (Å²) < 4.78 is 10.6. The van der Waals surface area contributed by atoms with E-state index in [0.717, 1.165) is 52.1 Å². The van der Waals surface area contributed by atoms with Gasteiger partial charge in [-0.25, -0.2) is 0 Å². The van der Waals surface area contributed by atoms with Crippen molar-refractivity contribution in [1.82, 2.24) is 9.80 Å². The Morgan fingerprint density at radius 1 is 0.679 bits per heavy atom. The van der Waals surface area contributed by atoms with Gasteiger partial charge in [-0.3, -0.25) is 9.59 Å². The average Bonchev–Trinajstić information content (AvgIpc) is 2.57. The Hall–Kier alpha value is -1.14. The number of carbonyl (C=O) groups excluding carboxylic acids is 2. The molecule has 6 heteroatoms. The van der Waals surface area contributed by atoms with Crippen LogP contribution >= 0.6 is 0 Å². The van der Waals surface area contributed by atoms with Crippen molar-refractivity contribution < 1.29 is 19.1 Å². The second-order valence-corrected chi connectivity index (χ2v) is 10.2. The molecule has 0 aliphatic carbocycles. The number of ether oxygens (including phenoxy) is 2. The van der Waals surface area contributed by atoms with Crippen LogP contribution in [0.3, 0.4) is 0 Å². The summed E-state index contributed by atoms with van der Waals surface area (Å²) in [7, 11) is 0. The van der Waals surface area contributed by atoms with E-state index in [4.69, 9.17) is 9.47 Å². The van der Waals surface area contributed by atoms with Crippen LogP contribution in [0.15, 0.2) is 0 Å². The third-order valence-electron chi connectivity index (χ3n) is 4.96. The Kier molecular flexibility index (Phi) is 10.5. The Morgan fingerprint density at radius 3 is 1.29 bits per heavy atom. The van der Waals surface area contributed by atoms with Crippen molar-refractivity contribution in [3.8, 4) is 0 Å². The molecule has 0 aromatic carbocycles. The van der Waals surface area contributed by atoms with Crippen LogP contribution in [0.25, 0.3) is 0 Å². The van der Waals surface area contributed by atoms with Crippen LogP contribution in [0.1, 0.15) is 67.2 Å². The summed E-state index contributed by atoms with van der Waals surface area (Å²) in [6.45, 7) is 19.1. The van der Waals surface area contributed by atoms with E-state index in [-0.39, 0.29) is 22.8 Å². The number of piperazine rings is 1. The minimum Gasteiger partial charge on any atom is -0.466 e. The second-order valence-electron chi connectivity index (χ2n) is 10.2. The van der Waals surface area contributed by atoms with Crippen LogP contribution in [-0.2, 0) is 19.1 Å². The monoisotopic (exact) mass is 398 g/mol. The zero-order valence-electron chi connectivity index (χ0n) is 19.0. The Bertz CT molecular complexity index is 428. The van der Waals surface area contributed by atoms with Gasteiger partial charge in [0.2, 0.25) is 0 Å². The van der Waals surface area contributed by atoms with Gasteiger partial charge in [-0.2, -0.15) is 0 Å². The van der Waals surface area contributed by atoms with Gasteiger partial charge in [-0.1, -0.05) is 41.5 Å². The predicted octanol–water partition coefficient (Wildman–Crippen LogP) is 3.34. The molecule has 1 aliphatic heterocycles. The van der Waals surface area contributed by atoms with E-state index in [1.165, 1.54) is 0 Å². The van der Waals surface area contributed by atoms with Crippen molar-refractivity contribution in [2.45, 2.75) is 67.2 Å². The summed E-state index contributed by atoms with van der Waals surface area (Å²) in [5.74, 6) is -0.214. The number of esters is 2. The van der Waals surface area contributed by atoms with Crippen LogP contribution in [0.2, 0.25) is 0 Å². The first-order valence-electron chi connectivity index (χ1n) is 10.7. The van der Waals surface area contributed by atoms with Crippen LogP contribution in [0.4, 0.5) is 0 Å². The smallest absolute Gasteiger partial charge is 0.307 e. The Labute approximate surface area is 171 Å². The lowest BCUT2D eigenvalue weighted by molar-refractivity contribution is -0.146. The molecule has 1 fully saturated rings. The summed E-state index contributed by atoms with van der Waals surface area (Å²) in [4.78, 5) is 28.3. The lowest BCUT2D eigenvalue weighted by Crippen LogP contribution is -2.47. The first-order valence-corrected chi connectivity index (χ1v) is 10.7. The molecule has 0 spiro atoms. The molecular formula is C22H42N2O4. The number of rotatable bonds is 10. The fourth-order valence-electron chi connectivity index (χ4n) is 2.82. The molecule has 1 aliphatic rings. The summed E-state index contributed by atoms with van der Waals surface area (Å²) in [5, 5.41) is 0. The summed E-state index contributed by atoms with van der Waals surface area (Å²) in [6, 6.07) is 0. The maximum Gasteiger partial charge on any atom is 0.307 e. The molecule has 0 bridgehead atoms. The first kappa shape index (κ1) is 24.9. The highest BCUT2D eigenvalue weighted by Crippen LogP contribution is 2.18. The quantitative estimate of drug-likeness (QED) is 0.526. The summed E-state index contributed by atoms with van der Waals surface area (Å²) in [6.07, 6.45) is 2.67. The van der Waals surface area contributed by atoms with Gasteiger partial charge in [0.1, 0.15) is 0 Å². The van der Waals surface area contributed by atoms with Crippen molar-refractivity contribution >= 4 is 11.9 Å². The number of carbonyl (C=O) groups is 2. The summed E-state index contributed by atoms with van der Waals surface area (Å²) >= 11 is 0. The molecule has 0 radical (unpaired) electrons. The lowest BCUT2D eigenvalue weighted by atomic mass is 9.93. The molecule has 0 amide bonds. The van der Waals surface area contributed by atoms with E-state index in [2.05, 4.69) is 51.3 Å². The van der Waals surface area contributed by atoms with Crippen LogP contribution in [0.5, 0.6) is 0 Å². The maximum atomic E-state index is 11.9. The molecule has 0 aromatic heterocycles. The van der Waals surface area contributed by atoms with Gasteiger partial charge in [0, 0.05) is 39.3 Å². The maximum absolute atomic E-state index is 11.9. The highest BCUT2D eigenvalue weighted by molar-refractivity contribution is 5.69. The van der Waals surface area contributed by atoms with E-state index < -0.39 is 0 Å². The van der Waals surface area contributed by atoms with Gasteiger partial charge in [0.25, 0.3) is 0 Å². The van der Waals surface area contributed by atoms with Gasteiger partial charge < -0.3 is 19.3 Å². The fraction of sp³-hybridized carbons (Fsp3) is 0.909. The van der Waals surface area contributed by atoms with Gasteiger partial charge in [-0.05, 0) is 23.7 Å². The van der Waals surface area contributed by atoms with Gasteiger partial charge >= 0.3 is 11.9 Å². The van der Waals surface area contributed by atoms with E-state index in [1.54, 1.807) is 0 Å². The van der Waals surface area contributed by atoms with Gasteiger partial charge in [-0.15, -0.1) is 0 Å². The minimum absolute atomic E-state index is 0.107. The van der Waals surface area contributed by atoms with Gasteiger partial charge in [0.15, 0.2) is 0 Å². The Balaban J connectivity index is 2.08. The minimum atomic E-state index is -0.107. The molecule has 0 aromatic rings. The number of hydrogen-bond acceptors (Lipinski definition) is 6. The molecule has 0 atom stereocenters. The average molecular weight is 399 g/mol. The molecule has 0 unspecified atom stereocenters. The normalized spacial score (nSPS) is 16.8. The topological polar surface area (TPSA) is 59.1 Å². The van der Waals surface area contributed by atoms with Crippen LogP contribution in [0, 0.1) is 10.8 Å². The molecular weight excluding hydrogens is 356 g/mol. The zero-order valence-corrected chi connectivity index (χ0v) is 19.0. The fourth-order valence-corrected chi connectivity index (χ4v) is 2.82. The molecule has 0 saturated carbocycles. The van der Waals surface area contributed by atoms with Crippen molar-refractivity contribution in [3.63, 3.8) is 0 Å². The molecule has 164 valence electrons. The van der Waals surface area contributed by atoms with Crippen LogP contribution < -0.4 is 0 Å². The third-order valence-corrected chi connectivity index (χ3v) is 4.96. The first-order chi connectivity index (χ1) is 12.9. The van der Waals surface area contributed by atoms with Crippen molar-refractivity contribution in [2.24, 2.45) is 10.8 Å². The van der Waals surface area contributed by atoms with Crippen molar-refractivity contribution in [2.75, 3.05) is 52.5 Å². The van der Waals surface area contributed by atoms with E-state index in [1.807, 2.05) is 0 Å². The zero-order chi connectivity index (χ0) is 21.2. The van der Waals surface area contributed by atoms with Crippen molar-refractivity contribution in [3.05, 3.63) is 0 Å². The SMILES string of the molecule is CC(C)(C)CCOC(=O)CCN1CCN(CCC(=O)OCCC(C)(C)C)CC1. The Morgan fingerprint density at radius 2 is 1.00 bits per heavy atom. The van der Waals surface area contributed by atoms with Crippen LogP contribution in [-0.4, -0.2) is 74.2 Å². The number of nitrogens with zero attached hydrogens (tertiary/aromatic N) is 2. The van der Waals surface area contributed by atoms with E-state index >= 15 is 0 Å². The molecule has 1 rings (SSSR count). The lowest BCUT2D eigenvalue weighted by Gasteiger charge is -2.34. The third kappa shape index (κ3) is 13.1. The molecule has 6 nitrogen and oxygen atoms in total. The highest BCUT2D eigenvalue weighted by atomic mass is 16.5. The summed E-state index contributed by atoms with van der Waals surface area (Å²) in [5.41, 5.74) is 0.380. The molecule has 1 saturated heterocycles. The van der Waals surface area contributed by atoms with E-state index in [9.17, 15) is 9.59 Å². The van der Waals surface area contributed by atoms with Gasteiger partial charge in [0.05, 0.1) is 26.1 Å². The van der Waals surface area contributed by atoms with Crippen molar-refractivity contribution in [1.29, 1.82) is 0 Å². The molecule has 28 heavy (non-hydrogen) atoms. The second kappa shape index (κ2) is 11.8. The molecule has 1 heterocycles. The number of hydrogen-bond donors (Lipinski definition) is 0.